The summed E-state index contributed by atoms with van der Waals surface area (Å²) in [5.41, 5.74) is 0.131. The summed E-state index contributed by atoms with van der Waals surface area (Å²) in [6.07, 6.45) is 8.92. The summed E-state index contributed by atoms with van der Waals surface area (Å²) >= 11 is 0. The Bertz CT molecular complexity index is 412. The summed E-state index contributed by atoms with van der Waals surface area (Å²) in [5.74, 6) is -0.567. The van der Waals surface area contributed by atoms with Crippen molar-refractivity contribution < 1.29 is 9.53 Å². The van der Waals surface area contributed by atoms with Crippen LogP contribution >= 0.6 is 0 Å². The van der Waals surface area contributed by atoms with Gasteiger partial charge in [-0.25, -0.2) is 0 Å². The van der Waals surface area contributed by atoms with Crippen molar-refractivity contribution in [1.82, 2.24) is 0 Å². The van der Waals surface area contributed by atoms with E-state index in [1.165, 1.54) is 0 Å². The van der Waals surface area contributed by atoms with E-state index in [1.54, 1.807) is 12.2 Å². The molecule has 0 fully saturated rings. The van der Waals surface area contributed by atoms with Crippen LogP contribution in [0.3, 0.4) is 0 Å². The number of allylic oxidation sites excluding steroid dienone is 5. The molecule has 0 N–H and O–H groups in total. The molecule has 0 bridgehead atoms. The van der Waals surface area contributed by atoms with Crippen molar-refractivity contribution in [2.45, 2.75) is 47.1 Å². The Balaban J connectivity index is 5.60. The molecule has 2 heteroatoms. The van der Waals surface area contributed by atoms with Gasteiger partial charge >= 0.3 is 5.97 Å². The molecule has 0 saturated carbocycles. The van der Waals surface area contributed by atoms with Gasteiger partial charge < -0.3 is 4.74 Å². The first kappa shape index (κ1) is 18.4. The highest BCUT2D eigenvalue weighted by molar-refractivity contribution is 5.78. The lowest BCUT2D eigenvalue weighted by Crippen LogP contribution is -2.36. The van der Waals surface area contributed by atoms with Crippen LogP contribution < -0.4 is 0 Å². The molecule has 0 saturated heterocycles. The topological polar surface area (TPSA) is 26.3 Å². The molecule has 0 amide bonds. The minimum absolute atomic E-state index is 0.216. The standard InChI is InChI=1S/C18H28O2/c1-9-11-13-14(12-10-2)15(17(3,4)5)16(19)20-18(6,7)8/h9-13,15H,1-2H2,3-8H3/b13-11-,14-12+. The Morgan fingerprint density at radius 1 is 1.05 bits per heavy atom. The fraction of sp³-hybridized carbons (Fsp3) is 0.500. The molecule has 0 heterocycles. The molecular formula is C18H28O2. The lowest BCUT2D eigenvalue weighted by atomic mass is 9.75. The van der Waals surface area contributed by atoms with E-state index in [0.29, 0.717) is 0 Å². The molecule has 0 aromatic rings. The molecule has 2 nitrogen and oxygen atoms in total. The van der Waals surface area contributed by atoms with Gasteiger partial charge in [0, 0.05) is 0 Å². The van der Waals surface area contributed by atoms with Crippen LogP contribution in [0.5, 0.6) is 0 Å². The van der Waals surface area contributed by atoms with Gasteiger partial charge in [0.1, 0.15) is 5.60 Å². The van der Waals surface area contributed by atoms with Crippen LogP contribution in [0.4, 0.5) is 0 Å². The first-order chi connectivity index (χ1) is 9.03. The van der Waals surface area contributed by atoms with Gasteiger partial charge in [-0.1, -0.05) is 64.3 Å². The minimum Gasteiger partial charge on any atom is -0.459 e. The number of hydrogen-bond donors (Lipinski definition) is 0. The number of esters is 1. The Kier molecular flexibility index (Phi) is 6.70. The monoisotopic (exact) mass is 276 g/mol. The third kappa shape index (κ3) is 6.55. The molecule has 0 rings (SSSR count). The number of rotatable bonds is 5. The lowest BCUT2D eigenvalue weighted by Gasteiger charge is -2.32. The van der Waals surface area contributed by atoms with E-state index in [1.807, 2.05) is 59.8 Å². The fourth-order valence-electron chi connectivity index (χ4n) is 1.91. The second-order valence-electron chi connectivity index (χ2n) is 6.83. The Morgan fingerprint density at radius 2 is 1.60 bits per heavy atom. The van der Waals surface area contributed by atoms with Gasteiger partial charge in [0.25, 0.3) is 0 Å². The summed E-state index contributed by atoms with van der Waals surface area (Å²) < 4.78 is 5.56. The quantitative estimate of drug-likeness (QED) is 0.530. The zero-order chi connectivity index (χ0) is 16.0. The van der Waals surface area contributed by atoms with Crippen LogP contribution in [0.15, 0.2) is 49.1 Å². The molecule has 20 heavy (non-hydrogen) atoms. The molecular weight excluding hydrogens is 248 g/mol. The molecule has 112 valence electrons. The molecule has 0 aliphatic rings. The second kappa shape index (κ2) is 7.28. The third-order valence-electron chi connectivity index (χ3n) is 2.58. The predicted molar refractivity (Wildman–Crippen MR) is 86.4 cm³/mol. The van der Waals surface area contributed by atoms with Crippen molar-refractivity contribution in [1.29, 1.82) is 0 Å². The van der Waals surface area contributed by atoms with Gasteiger partial charge in [0.2, 0.25) is 0 Å². The van der Waals surface area contributed by atoms with Crippen LogP contribution in [0, 0.1) is 11.3 Å². The molecule has 1 atom stereocenters. The van der Waals surface area contributed by atoms with E-state index in [0.717, 1.165) is 5.57 Å². The smallest absolute Gasteiger partial charge is 0.314 e. The van der Waals surface area contributed by atoms with Crippen molar-refractivity contribution >= 4 is 5.97 Å². The maximum absolute atomic E-state index is 12.5. The molecule has 0 aromatic carbocycles. The first-order valence-corrected chi connectivity index (χ1v) is 6.87. The number of carbonyl (C=O) groups excluding carboxylic acids is 1. The summed E-state index contributed by atoms with van der Waals surface area (Å²) in [6.45, 7) is 19.1. The third-order valence-corrected chi connectivity index (χ3v) is 2.58. The lowest BCUT2D eigenvalue weighted by molar-refractivity contribution is -0.161. The first-order valence-electron chi connectivity index (χ1n) is 6.87. The second-order valence-corrected chi connectivity index (χ2v) is 6.83. The summed E-state index contributed by atoms with van der Waals surface area (Å²) in [6, 6.07) is 0. The van der Waals surface area contributed by atoms with Crippen molar-refractivity contribution in [2.75, 3.05) is 0 Å². The Hall–Kier alpha value is -1.57. The van der Waals surface area contributed by atoms with Crippen LogP contribution in [-0.2, 0) is 9.53 Å². The zero-order valence-electron chi connectivity index (χ0n) is 13.7. The van der Waals surface area contributed by atoms with Crippen molar-refractivity contribution in [2.24, 2.45) is 11.3 Å². The van der Waals surface area contributed by atoms with Crippen molar-refractivity contribution in [3.05, 3.63) is 49.1 Å². The molecule has 0 aliphatic carbocycles. The van der Waals surface area contributed by atoms with E-state index >= 15 is 0 Å². The van der Waals surface area contributed by atoms with Gasteiger partial charge in [-0.15, -0.1) is 0 Å². The van der Waals surface area contributed by atoms with Crippen LogP contribution in [-0.4, -0.2) is 11.6 Å². The highest BCUT2D eigenvalue weighted by atomic mass is 16.6. The molecule has 1 unspecified atom stereocenters. The van der Waals surface area contributed by atoms with Crippen LogP contribution in [0.25, 0.3) is 0 Å². The fourth-order valence-corrected chi connectivity index (χ4v) is 1.91. The van der Waals surface area contributed by atoms with E-state index in [9.17, 15) is 4.79 Å². The van der Waals surface area contributed by atoms with Crippen molar-refractivity contribution in [3.8, 4) is 0 Å². The highest BCUT2D eigenvalue weighted by Crippen LogP contribution is 2.35. The zero-order valence-corrected chi connectivity index (χ0v) is 13.7. The summed E-state index contributed by atoms with van der Waals surface area (Å²) in [7, 11) is 0. The average molecular weight is 276 g/mol. The minimum atomic E-state index is -0.498. The summed E-state index contributed by atoms with van der Waals surface area (Å²) in [4.78, 5) is 12.5. The molecule has 0 radical (unpaired) electrons. The molecule has 0 aliphatic heterocycles. The highest BCUT2D eigenvalue weighted by Gasteiger charge is 2.36. The van der Waals surface area contributed by atoms with Gasteiger partial charge in [-0.2, -0.15) is 0 Å². The van der Waals surface area contributed by atoms with Crippen LogP contribution in [0.1, 0.15) is 41.5 Å². The van der Waals surface area contributed by atoms with Crippen LogP contribution in [0.2, 0.25) is 0 Å². The predicted octanol–water partition coefficient (Wildman–Crippen LogP) is 4.85. The number of hydrogen-bond acceptors (Lipinski definition) is 2. The Labute approximate surface area is 123 Å². The van der Waals surface area contributed by atoms with Gasteiger partial charge in [0.05, 0.1) is 5.92 Å². The summed E-state index contributed by atoms with van der Waals surface area (Å²) in [5, 5.41) is 0. The molecule has 0 aromatic heterocycles. The average Bonchev–Trinajstić information content (AvgIpc) is 2.21. The largest absolute Gasteiger partial charge is 0.459 e. The van der Waals surface area contributed by atoms with E-state index in [2.05, 4.69) is 13.2 Å². The van der Waals surface area contributed by atoms with E-state index in [-0.39, 0.29) is 17.3 Å². The van der Waals surface area contributed by atoms with Crippen molar-refractivity contribution in [3.63, 3.8) is 0 Å². The Morgan fingerprint density at radius 3 is 1.95 bits per heavy atom. The number of ether oxygens (including phenoxy) is 1. The van der Waals surface area contributed by atoms with E-state index in [4.69, 9.17) is 4.74 Å². The molecule has 0 spiro atoms. The maximum atomic E-state index is 12.5. The maximum Gasteiger partial charge on any atom is 0.314 e. The SMILES string of the molecule is C=C/C=C\C(=C/C=C)C(C(=O)OC(C)(C)C)C(C)(C)C. The van der Waals surface area contributed by atoms with Gasteiger partial charge in [0.15, 0.2) is 0 Å². The van der Waals surface area contributed by atoms with Gasteiger partial charge in [-0.3, -0.25) is 4.79 Å². The van der Waals surface area contributed by atoms with E-state index < -0.39 is 5.60 Å². The van der Waals surface area contributed by atoms with Gasteiger partial charge in [-0.05, 0) is 31.8 Å². The normalized spacial score (nSPS) is 15.0. The number of carbonyl (C=O) groups is 1.